The maximum atomic E-state index is 11.4. The van der Waals surface area contributed by atoms with E-state index in [9.17, 15) is 4.79 Å². The molecule has 3 heteroatoms. The normalized spacial score (nSPS) is 12.7. The standard InChI is InChI=1S/C12H13BrO2/c1-10(13)6-5-9-15-12(14)11-7-3-2-4-8-11/h2-5,7-10H,6H2,1H3/b9-5+. The molecule has 0 saturated carbocycles. The van der Waals surface area contributed by atoms with Gasteiger partial charge in [0.15, 0.2) is 0 Å². The number of allylic oxidation sites excluding steroid dienone is 1. The summed E-state index contributed by atoms with van der Waals surface area (Å²) in [5, 5.41) is 0. The van der Waals surface area contributed by atoms with E-state index < -0.39 is 0 Å². The lowest BCUT2D eigenvalue weighted by Crippen LogP contribution is -1.99. The van der Waals surface area contributed by atoms with Crippen LogP contribution in [0.3, 0.4) is 0 Å². The monoisotopic (exact) mass is 268 g/mol. The van der Waals surface area contributed by atoms with Crippen molar-refractivity contribution in [1.29, 1.82) is 0 Å². The second-order valence-corrected chi connectivity index (χ2v) is 4.72. The summed E-state index contributed by atoms with van der Waals surface area (Å²) in [6, 6.07) is 8.92. The molecule has 1 unspecified atom stereocenters. The summed E-state index contributed by atoms with van der Waals surface area (Å²) in [4.78, 5) is 11.8. The van der Waals surface area contributed by atoms with Crippen molar-refractivity contribution in [1.82, 2.24) is 0 Å². The van der Waals surface area contributed by atoms with Gasteiger partial charge >= 0.3 is 5.97 Å². The van der Waals surface area contributed by atoms with Gasteiger partial charge in [-0.05, 0) is 24.6 Å². The SMILES string of the molecule is CC(Br)C/C=C/OC(=O)c1ccccc1. The van der Waals surface area contributed by atoms with Gasteiger partial charge in [-0.15, -0.1) is 0 Å². The molecule has 0 aliphatic heterocycles. The predicted octanol–water partition coefficient (Wildman–Crippen LogP) is 3.53. The van der Waals surface area contributed by atoms with E-state index in [1.807, 2.05) is 19.1 Å². The fourth-order valence-electron chi connectivity index (χ4n) is 0.995. The molecule has 0 N–H and O–H groups in total. The molecule has 0 aromatic heterocycles. The Bertz CT molecular complexity index is 331. The van der Waals surface area contributed by atoms with Gasteiger partial charge in [0.05, 0.1) is 11.8 Å². The smallest absolute Gasteiger partial charge is 0.342 e. The average Bonchev–Trinajstić information content (AvgIpc) is 2.25. The predicted molar refractivity (Wildman–Crippen MR) is 64.0 cm³/mol. The number of rotatable bonds is 4. The number of hydrogen-bond donors (Lipinski definition) is 0. The summed E-state index contributed by atoms with van der Waals surface area (Å²) in [6.45, 7) is 2.03. The number of esters is 1. The van der Waals surface area contributed by atoms with Crippen molar-refractivity contribution in [2.45, 2.75) is 18.2 Å². The lowest BCUT2D eigenvalue weighted by atomic mass is 10.2. The summed E-state index contributed by atoms with van der Waals surface area (Å²) >= 11 is 3.39. The lowest BCUT2D eigenvalue weighted by Gasteiger charge is -1.99. The fraction of sp³-hybridized carbons (Fsp3) is 0.250. The highest BCUT2D eigenvalue weighted by Crippen LogP contribution is 2.05. The van der Waals surface area contributed by atoms with Gasteiger partial charge in [0.2, 0.25) is 0 Å². The van der Waals surface area contributed by atoms with E-state index in [0.717, 1.165) is 6.42 Å². The third kappa shape index (κ3) is 4.79. The van der Waals surface area contributed by atoms with E-state index in [1.54, 1.807) is 24.3 Å². The van der Waals surface area contributed by atoms with Gasteiger partial charge in [0.25, 0.3) is 0 Å². The van der Waals surface area contributed by atoms with Crippen molar-refractivity contribution in [3.63, 3.8) is 0 Å². The molecule has 1 atom stereocenters. The first-order valence-electron chi connectivity index (χ1n) is 4.75. The average molecular weight is 269 g/mol. The van der Waals surface area contributed by atoms with Crippen LogP contribution in [0.4, 0.5) is 0 Å². The van der Waals surface area contributed by atoms with Crippen LogP contribution in [0.2, 0.25) is 0 Å². The molecule has 15 heavy (non-hydrogen) atoms. The Morgan fingerprint density at radius 3 is 2.73 bits per heavy atom. The van der Waals surface area contributed by atoms with Gasteiger partial charge in [-0.25, -0.2) is 4.79 Å². The van der Waals surface area contributed by atoms with Crippen molar-refractivity contribution in [3.8, 4) is 0 Å². The number of benzene rings is 1. The number of hydrogen-bond acceptors (Lipinski definition) is 2. The van der Waals surface area contributed by atoms with E-state index in [2.05, 4.69) is 15.9 Å². The molecular formula is C12H13BrO2. The number of alkyl halides is 1. The molecule has 1 rings (SSSR count). The van der Waals surface area contributed by atoms with Crippen molar-refractivity contribution in [2.24, 2.45) is 0 Å². The molecule has 1 aromatic rings. The Morgan fingerprint density at radius 1 is 1.47 bits per heavy atom. The van der Waals surface area contributed by atoms with Crippen molar-refractivity contribution >= 4 is 21.9 Å². The number of carbonyl (C=O) groups is 1. The van der Waals surface area contributed by atoms with E-state index >= 15 is 0 Å². The highest BCUT2D eigenvalue weighted by Gasteiger charge is 2.02. The highest BCUT2D eigenvalue weighted by atomic mass is 79.9. The molecule has 0 aliphatic carbocycles. The van der Waals surface area contributed by atoms with Crippen molar-refractivity contribution < 1.29 is 9.53 Å². The Morgan fingerprint density at radius 2 is 2.13 bits per heavy atom. The number of halogens is 1. The highest BCUT2D eigenvalue weighted by molar-refractivity contribution is 9.09. The zero-order valence-electron chi connectivity index (χ0n) is 8.52. The van der Waals surface area contributed by atoms with Crippen molar-refractivity contribution in [2.75, 3.05) is 0 Å². The van der Waals surface area contributed by atoms with Gasteiger partial charge in [0.1, 0.15) is 0 Å². The van der Waals surface area contributed by atoms with E-state index in [1.165, 1.54) is 6.26 Å². The van der Waals surface area contributed by atoms with Crippen LogP contribution in [0.1, 0.15) is 23.7 Å². The zero-order chi connectivity index (χ0) is 11.1. The van der Waals surface area contributed by atoms with Crippen LogP contribution >= 0.6 is 15.9 Å². The fourth-order valence-corrected chi connectivity index (χ4v) is 1.21. The summed E-state index contributed by atoms with van der Waals surface area (Å²) < 4.78 is 4.94. The minimum atomic E-state index is -0.325. The van der Waals surface area contributed by atoms with Gasteiger partial charge in [-0.3, -0.25) is 0 Å². The molecule has 0 spiro atoms. The molecule has 2 nitrogen and oxygen atoms in total. The third-order valence-electron chi connectivity index (χ3n) is 1.74. The summed E-state index contributed by atoms with van der Waals surface area (Å²) in [5.74, 6) is -0.325. The summed E-state index contributed by atoms with van der Waals surface area (Å²) in [5.41, 5.74) is 0.564. The summed E-state index contributed by atoms with van der Waals surface area (Å²) in [6.07, 6.45) is 4.09. The second kappa shape index (κ2) is 6.40. The Kier molecular flexibility index (Phi) is 5.12. The first kappa shape index (κ1) is 12.0. The minimum absolute atomic E-state index is 0.325. The molecule has 80 valence electrons. The molecule has 1 aromatic carbocycles. The quantitative estimate of drug-likeness (QED) is 0.475. The number of ether oxygens (including phenoxy) is 1. The topological polar surface area (TPSA) is 26.3 Å². The minimum Gasteiger partial charge on any atom is -0.431 e. The Balaban J connectivity index is 2.40. The van der Waals surface area contributed by atoms with Gasteiger partial charge in [-0.2, -0.15) is 0 Å². The first-order chi connectivity index (χ1) is 7.20. The van der Waals surface area contributed by atoms with E-state index in [4.69, 9.17) is 4.74 Å². The van der Waals surface area contributed by atoms with Crippen LogP contribution in [-0.2, 0) is 4.74 Å². The molecule has 0 heterocycles. The van der Waals surface area contributed by atoms with Crippen LogP contribution in [0.5, 0.6) is 0 Å². The van der Waals surface area contributed by atoms with Crippen LogP contribution in [-0.4, -0.2) is 10.8 Å². The Labute approximate surface area is 98.1 Å². The van der Waals surface area contributed by atoms with Gasteiger partial charge < -0.3 is 4.74 Å². The van der Waals surface area contributed by atoms with Crippen molar-refractivity contribution in [3.05, 3.63) is 48.2 Å². The molecule has 0 fully saturated rings. The first-order valence-corrected chi connectivity index (χ1v) is 5.67. The van der Waals surface area contributed by atoms with Crippen LogP contribution in [0, 0.1) is 0 Å². The Hall–Kier alpha value is -1.09. The van der Waals surface area contributed by atoms with E-state index in [0.29, 0.717) is 10.4 Å². The number of carbonyl (C=O) groups excluding carboxylic acids is 1. The largest absolute Gasteiger partial charge is 0.431 e. The summed E-state index contributed by atoms with van der Waals surface area (Å²) in [7, 11) is 0. The van der Waals surface area contributed by atoms with Crippen LogP contribution in [0.15, 0.2) is 42.7 Å². The third-order valence-corrected chi connectivity index (χ3v) is 2.12. The maximum Gasteiger partial charge on any atom is 0.342 e. The zero-order valence-corrected chi connectivity index (χ0v) is 10.1. The molecule has 0 radical (unpaired) electrons. The second-order valence-electron chi connectivity index (χ2n) is 3.16. The maximum absolute atomic E-state index is 11.4. The van der Waals surface area contributed by atoms with Gasteiger partial charge in [-0.1, -0.05) is 41.1 Å². The molecule has 0 bridgehead atoms. The van der Waals surface area contributed by atoms with E-state index in [-0.39, 0.29) is 5.97 Å². The lowest BCUT2D eigenvalue weighted by molar-refractivity contribution is 0.0662. The molecule has 0 aliphatic rings. The van der Waals surface area contributed by atoms with Gasteiger partial charge in [0, 0.05) is 4.83 Å². The van der Waals surface area contributed by atoms with Crippen LogP contribution in [0.25, 0.3) is 0 Å². The molecule has 0 amide bonds. The van der Waals surface area contributed by atoms with Crippen LogP contribution < -0.4 is 0 Å². The molecular weight excluding hydrogens is 256 g/mol. The molecule has 0 saturated heterocycles.